The summed E-state index contributed by atoms with van der Waals surface area (Å²) < 4.78 is 47.8. The minimum Gasteiger partial charge on any atom is -0.481 e. The number of allylic oxidation sites excluding steroid dienone is 2. The molecule has 23 nitrogen and oxygen atoms in total. The monoisotopic (exact) mass is 1070 g/mol. The van der Waals surface area contributed by atoms with Gasteiger partial charge in [-0.15, -0.1) is 0 Å². The lowest BCUT2D eigenvalue weighted by atomic mass is 9.33. The van der Waals surface area contributed by atoms with Crippen LogP contribution in [0.5, 0.6) is 0 Å². The van der Waals surface area contributed by atoms with Crippen LogP contribution in [0, 0.1) is 50.2 Å². The van der Waals surface area contributed by atoms with Crippen molar-refractivity contribution in [3.63, 3.8) is 0 Å². The van der Waals surface area contributed by atoms with Gasteiger partial charge in [-0.25, -0.2) is 0 Å². The Morgan fingerprint density at radius 3 is 2.00 bits per heavy atom. The van der Waals surface area contributed by atoms with Crippen LogP contribution in [0.3, 0.4) is 0 Å². The van der Waals surface area contributed by atoms with Crippen molar-refractivity contribution < 1.29 is 114 Å². The number of aliphatic hydroxyl groups excluding tert-OH is 11. The molecule has 0 unspecified atom stereocenters. The van der Waals surface area contributed by atoms with E-state index in [1.807, 2.05) is 0 Å². The van der Waals surface area contributed by atoms with Crippen LogP contribution in [0.4, 0.5) is 0 Å². The minimum absolute atomic E-state index is 0.0770. The Balaban J connectivity index is 1.01. The highest BCUT2D eigenvalue weighted by Crippen LogP contribution is 2.76. The Bertz CT molecular complexity index is 2150. The van der Waals surface area contributed by atoms with Gasteiger partial charge in [0, 0.05) is 0 Å². The molecule has 0 spiro atoms. The largest absolute Gasteiger partial charge is 0.481 e. The van der Waals surface area contributed by atoms with Crippen LogP contribution in [-0.4, -0.2) is 221 Å². The molecular weight excluding hydrogens is 993 g/mol. The first kappa shape index (κ1) is 57.6. The van der Waals surface area contributed by atoms with E-state index in [1.165, 1.54) is 6.92 Å². The zero-order valence-corrected chi connectivity index (χ0v) is 43.8. The lowest BCUT2D eigenvalue weighted by Gasteiger charge is -2.71. The second kappa shape index (κ2) is 20.2. The Morgan fingerprint density at radius 1 is 0.680 bits per heavy atom. The number of rotatable bonds is 11. The quantitative estimate of drug-likeness (QED) is 0.0811. The highest BCUT2D eigenvalue weighted by Gasteiger charge is 2.72. The van der Waals surface area contributed by atoms with Gasteiger partial charge in [0.25, 0.3) is 0 Å². The van der Waals surface area contributed by atoms with Gasteiger partial charge in [-0.2, -0.15) is 0 Å². The molecular formula is C52H82O23. The van der Waals surface area contributed by atoms with Crippen LogP contribution in [0.15, 0.2) is 11.6 Å². The average molecular weight is 1080 g/mol. The van der Waals surface area contributed by atoms with Crippen molar-refractivity contribution in [1.82, 2.24) is 0 Å². The summed E-state index contributed by atoms with van der Waals surface area (Å²) in [6, 6.07) is 0. The van der Waals surface area contributed by atoms with Crippen molar-refractivity contribution in [1.29, 1.82) is 0 Å². The Hall–Kier alpha value is -2.08. The summed E-state index contributed by atoms with van der Waals surface area (Å²) in [7, 11) is 0. The molecule has 8 fully saturated rings. The molecule has 0 amide bonds. The Morgan fingerprint density at radius 2 is 1.35 bits per heavy atom. The van der Waals surface area contributed by atoms with Gasteiger partial charge >= 0.3 is 11.9 Å². The number of carboxylic acids is 1. The lowest BCUT2D eigenvalue weighted by molar-refractivity contribution is -0.385. The van der Waals surface area contributed by atoms with E-state index in [4.69, 9.17) is 37.9 Å². The summed E-state index contributed by atoms with van der Waals surface area (Å²) in [4.78, 5) is 28.4. The second-order valence-electron chi connectivity index (χ2n) is 25.4. The number of hydrogen-bond acceptors (Lipinski definition) is 22. The molecule has 0 aromatic rings. The molecule has 27 atom stereocenters. The maximum Gasteiger partial charge on any atom is 0.315 e. The van der Waals surface area contributed by atoms with E-state index in [2.05, 4.69) is 40.7 Å². The van der Waals surface area contributed by atoms with Gasteiger partial charge in [-0.3, -0.25) is 9.59 Å². The highest BCUT2D eigenvalue weighted by molar-refractivity contribution is 5.79. The topological polar surface area (TPSA) is 371 Å². The van der Waals surface area contributed by atoms with E-state index in [1.54, 1.807) is 6.92 Å². The van der Waals surface area contributed by atoms with Crippen LogP contribution in [0.25, 0.3) is 0 Å². The van der Waals surface area contributed by atoms with Gasteiger partial charge in [-0.1, -0.05) is 46.3 Å². The fourth-order valence-electron chi connectivity index (χ4n) is 15.9. The molecule has 4 saturated heterocycles. The first-order chi connectivity index (χ1) is 35.0. The van der Waals surface area contributed by atoms with E-state index in [0.717, 1.165) is 5.57 Å². The van der Waals surface area contributed by atoms with E-state index < -0.39 is 188 Å². The van der Waals surface area contributed by atoms with Crippen LogP contribution >= 0.6 is 0 Å². The molecule has 0 radical (unpaired) electrons. The third-order valence-corrected chi connectivity index (χ3v) is 20.8. The van der Waals surface area contributed by atoms with Gasteiger partial charge < -0.3 is 104 Å². The van der Waals surface area contributed by atoms with Crippen molar-refractivity contribution in [2.45, 2.75) is 222 Å². The number of ether oxygens (including phenoxy) is 8. The number of carbonyl (C=O) groups excluding carboxylic acids is 1. The first-order valence-electron chi connectivity index (χ1n) is 26.7. The lowest BCUT2D eigenvalue weighted by Crippen LogP contribution is -2.69. The molecule has 23 heteroatoms. The summed E-state index contributed by atoms with van der Waals surface area (Å²) in [6.07, 6.45) is -23.3. The van der Waals surface area contributed by atoms with Gasteiger partial charge in [-0.05, 0) is 111 Å². The number of aliphatic carboxylic acids is 1. The third kappa shape index (κ3) is 8.98. The molecule has 0 aromatic heterocycles. The van der Waals surface area contributed by atoms with Gasteiger partial charge in [0.2, 0.25) is 6.29 Å². The molecule has 0 bridgehead atoms. The molecule has 428 valence electrons. The molecule has 75 heavy (non-hydrogen) atoms. The van der Waals surface area contributed by atoms with Crippen LogP contribution < -0.4 is 0 Å². The van der Waals surface area contributed by atoms with Crippen LogP contribution in [0.1, 0.15) is 106 Å². The molecule has 4 heterocycles. The Labute approximate surface area is 435 Å². The highest BCUT2D eigenvalue weighted by atomic mass is 16.8. The summed E-state index contributed by atoms with van der Waals surface area (Å²) in [5, 5.41) is 141. The maximum absolute atomic E-state index is 15.5. The van der Waals surface area contributed by atoms with E-state index in [0.29, 0.717) is 51.4 Å². The molecule has 0 aromatic carbocycles. The standard InChI is InChI=1S/C52H82O23/c1-22-35(72-40-33(60)30(57)26(56)19-68-40)36(73-43-39(63)52(67,20-54)21-69-43)34(61)41(70-22)74-37-32(59)31(58)27(18-53)71-42(37)75-45(66)51-14-12-46(2,3)16-24(51)23-8-9-28-47(4)17-25(55)38(62)50(7,44(64)65)29(47)10-11-49(28,6)48(23,5)13-15-51/h8,22,24-43,53-63,67H,9-21H2,1-7H3,(H,64,65)/t22-,24-,25-,26+,27+,28+,29+,30-,31+,32-,33+,34+,35-,36+,37+,38-,39-,40-,41-,42-,43-,47+,48+,49+,50-,51-,52+/m0/s1. The van der Waals surface area contributed by atoms with Crippen molar-refractivity contribution in [2.75, 3.05) is 26.4 Å². The van der Waals surface area contributed by atoms with Crippen molar-refractivity contribution >= 4 is 11.9 Å². The van der Waals surface area contributed by atoms with Gasteiger partial charge in [0.15, 0.2) is 25.0 Å². The van der Waals surface area contributed by atoms with Gasteiger partial charge in [0.05, 0.1) is 55.6 Å². The predicted molar refractivity (Wildman–Crippen MR) is 253 cm³/mol. The SMILES string of the molecule is C[C@@H]1O[C@@H](O[C@H]2[C@H](OC(=O)[C@]34CCC(C)(C)C[C@H]3C3=CC[C@@H]5[C@@]6(C)C[C@H](O)[C@H](O)[C@@](C)(C(=O)O)[C@@H]6CC[C@@]5(C)[C@]3(C)CC4)O[C@H](CO)[C@@H](O)[C@@H]2O)[C@H](O)[C@@H](O[C@@H]2OC[C@](O)(CO)[C@H]2O)[C@H]1O[C@@H]1OC[C@@H](O)[C@H](O)[C@H]1O. The fourth-order valence-corrected chi connectivity index (χ4v) is 15.9. The third-order valence-electron chi connectivity index (χ3n) is 20.8. The van der Waals surface area contributed by atoms with E-state index in [9.17, 15) is 71.2 Å². The molecule has 5 aliphatic carbocycles. The van der Waals surface area contributed by atoms with Crippen molar-refractivity contribution in [2.24, 2.45) is 50.2 Å². The molecule has 13 N–H and O–H groups in total. The molecule has 4 aliphatic heterocycles. The van der Waals surface area contributed by atoms with Crippen LogP contribution in [-0.2, 0) is 47.5 Å². The zero-order chi connectivity index (χ0) is 54.9. The van der Waals surface area contributed by atoms with Crippen LogP contribution in [0.2, 0.25) is 0 Å². The number of fused-ring (bicyclic) bond motifs is 7. The second-order valence-corrected chi connectivity index (χ2v) is 25.4. The summed E-state index contributed by atoms with van der Waals surface area (Å²) in [5.74, 6) is -2.67. The number of hydrogen-bond donors (Lipinski definition) is 13. The summed E-state index contributed by atoms with van der Waals surface area (Å²) in [6.45, 7) is 11.1. The predicted octanol–water partition coefficient (Wildman–Crippen LogP) is -1.69. The zero-order valence-electron chi connectivity index (χ0n) is 43.8. The molecule has 4 saturated carbocycles. The number of aliphatic hydroxyl groups is 12. The molecule has 9 aliphatic rings. The summed E-state index contributed by atoms with van der Waals surface area (Å²) in [5.41, 5.74) is -5.58. The van der Waals surface area contributed by atoms with Gasteiger partial charge in [0.1, 0.15) is 66.6 Å². The van der Waals surface area contributed by atoms with E-state index in [-0.39, 0.29) is 23.7 Å². The van der Waals surface area contributed by atoms with Crippen molar-refractivity contribution in [3.05, 3.63) is 11.6 Å². The number of esters is 1. The molecule has 9 rings (SSSR count). The fraction of sp³-hybridized carbons (Fsp3) is 0.923. The first-order valence-corrected chi connectivity index (χ1v) is 26.7. The summed E-state index contributed by atoms with van der Waals surface area (Å²) >= 11 is 0. The minimum atomic E-state index is -2.17. The average Bonchev–Trinajstić information content (AvgIpc) is 3.64. The maximum atomic E-state index is 15.5. The Kier molecular flexibility index (Phi) is 15.5. The normalized spacial score (nSPS) is 54.6. The smallest absolute Gasteiger partial charge is 0.315 e. The number of carbonyl (C=O) groups is 2. The van der Waals surface area contributed by atoms with Crippen molar-refractivity contribution in [3.8, 4) is 0 Å². The van der Waals surface area contributed by atoms with E-state index >= 15 is 4.79 Å². The number of carboxylic acid groups (broad SMARTS) is 1.